The maximum Gasteiger partial charge on any atom is 0.271 e. The summed E-state index contributed by atoms with van der Waals surface area (Å²) >= 11 is 0. The summed E-state index contributed by atoms with van der Waals surface area (Å²) in [7, 11) is 1.52. The molecule has 0 bridgehead atoms. The summed E-state index contributed by atoms with van der Waals surface area (Å²) in [6.07, 6.45) is 1.99. The van der Waals surface area contributed by atoms with Gasteiger partial charge in [-0.1, -0.05) is 24.2 Å². The summed E-state index contributed by atoms with van der Waals surface area (Å²) in [6.45, 7) is 3.60. The second-order valence-electron chi connectivity index (χ2n) is 7.16. The van der Waals surface area contributed by atoms with E-state index in [4.69, 9.17) is 9.26 Å². The summed E-state index contributed by atoms with van der Waals surface area (Å²) in [5.74, 6) is -0.190. The second-order valence-corrected chi connectivity index (χ2v) is 7.16. The Hall–Kier alpha value is -3.86. The van der Waals surface area contributed by atoms with Crippen LogP contribution in [0.4, 0.5) is 0 Å². The van der Waals surface area contributed by atoms with Gasteiger partial charge in [-0.25, -0.2) is 4.68 Å². The molecule has 1 aromatic carbocycles. The van der Waals surface area contributed by atoms with Gasteiger partial charge in [0.25, 0.3) is 17.4 Å². The van der Waals surface area contributed by atoms with Crippen LogP contribution < -0.4 is 10.9 Å². The van der Waals surface area contributed by atoms with Crippen LogP contribution in [0.25, 0.3) is 11.4 Å². The quantitative estimate of drug-likeness (QED) is 0.457. The Balaban J connectivity index is 1.63. The van der Waals surface area contributed by atoms with Crippen molar-refractivity contribution in [3.63, 3.8) is 0 Å². The largest absolute Gasteiger partial charge is 0.383 e. The average Bonchev–Trinajstić information content (AvgIpc) is 3.37. The zero-order chi connectivity index (χ0) is 23.6. The van der Waals surface area contributed by atoms with E-state index in [-0.39, 0.29) is 30.2 Å². The summed E-state index contributed by atoms with van der Waals surface area (Å²) in [4.78, 5) is 43.1. The molecule has 11 nitrogen and oxygen atoms in total. The van der Waals surface area contributed by atoms with E-state index >= 15 is 0 Å². The molecule has 3 aromatic rings. The minimum Gasteiger partial charge on any atom is -0.383 e. The number of nitrogens with one attached hydrogen (secondary N) is 1. The van der Waals surface area contributed by atoms with Crippen LogP contribution in [-0.2, 0) is 11.3 Å². The first-order valence-electron chi connectivity index (χ1n) is 10.5. The highest BCUT2D eigenvalue weighted by Gasteiger charge is 2.17. The van der Waals surface area contributed by atoms with Gasteiger partial charge in [0, 0.05) is 43.9 Å². The maximum absolute atomic E-state index is 13.1. The van der Waals surface area contributed by atoms with Crippen molar-refractivity contribution in [3.8, 4) is 11.4 Å². The van der Waals surface area contributed by atoms with Crippen molar-refractivity contribution in [3.05, 3.63) is 64.4 Å². The van der Waals surface area contributed by atoms with Gasteiger partial charge in [-0.3, -0.25) is 14.4 Å². The van der Waals surface area contributed by atoms with Gasteiger partial charge in [-0.05, 0) is 24.6 Å². The minimum atomic E-state index is -0.427. The van der Waals surface area contributed by atoms with Crippen LogP contribution in [0, 0.1) is 0 Å². The van der Waals surface area contributed by atoms with Gasteiger partial charge in [-0.2, -0.15) is 10.1 Å². The van der Waals surface area contributed by atoms with E-state index in [9.17, 15) is 14.4 Å². The van der Waals surface area contributed by atoms with E-state index < -0.39 is 5.91 Å². The number of hydrogen-bond acceptors (Lipinski definition) is 8. The normalized spacial score (nSPS) is 10.7. The van der Waals surface area contributed by atoms with Gasteiger partial charge < -0.3 is 19.5 Å². The molecule has 0 aliphatic rings. The standard InChI is InChI=1S/C22H26N6O5/c1-3-10-27(22(31)17-6-4-5-16(14-17)20-24-15-33-26-20)11-9-23-21(30)18-7-8-19(29)28(25-18)12-13-32-2/h4-8,14-15H,3,9-13H2,1-2H3,(H,23,30). The average molecular weight is 454 g/mol. The Labute approximate surface area is 190 Å². The third-order valence-corrected chi connectivity index (χ3v) is 4.78. The number of methoxy groups -OCH3 is 1. The number of carbonyl (C=O) groups is 2. The molecule has 0 atom stereocenters. The highest BCUT2D eigenvalue weighted by Crippen LogP contribution is 2.17. The molecular formula is C22H26N6O5. The van der Waals surface area contributed by atoms with Gasteiger partial charge in [0.15, 0.2) is 0 Å². The highest BCUT2D eigenvalue weighted by molar-refractivity contribution is 5.95. The first-order chi connectivity index (χ1) is 16.0. The number of rotatable bonds is 11. The monoisotopic (exact) mass is 454 g/mol. The summed E-state index contributed by atoms with van der Waals surface area (Å²) in [5.41, 5.74) is 0.969. The summed E-state index contributed by atoms with van der Waals surface area (Å²) in [5, 5.41) is 10.6. The van der Waals surface area contributed by atoms with Crippen molar-refractivity contribution in [2.75, 3.05) is 33.4 Å². The lowest BCUT2D eigenvalue weighted by atomic mass is 10.1. The molecule has 3 rings (SSSR count). The van der Waals surface area contributed by atoms with Gasteiger partial charge in [-0.15, -0.1) is 0 Å². The Bertz CT molecular complexity index is 1130. The summed E-state index contributed by atoms with van der Waals surface area (Å²) < 4.78 is 10.9. The molecule has 2 heterocycles. The Kier molecular flexibility index (Phi) is 8.42. The van der Waals surface area contributed by atoms with Crippen molar-refractivity contribution in [2.24, 2.45) is 0 Å². The molecule has 174 valence electrons. The molecule has 0 unspecified atom stereocenters. The van der Waals surface area contributed by atoms with E-state index in [1.807, 2.05) is 6.92 Å². The van der Waals surface area contributed by atoms with Crippen molar-refractivity contribution >= 4 is 11.8 Å². The van der Waals surface area contributed by atoms with E-state index in [1.165, 1.54) is 30.3 Å². The van der Waals surface area contributed by atoms with Crippen LogP contribution in [0.2, 0.25) is 0 Å². The number of benzene rings is 1. The van der Waals surface area contributed by atoms with Gasteiger partial charge in [0.1, 0.15) is 5.69 Å². The SMILES string of the molecule is CCCN(CCNC(=O)c1ccc(=O)n(CCOC)n1)C(=O)c1cccc(-c2ncon2)c1. The van der Waals surface area contributed by atoms with Gasteiger partial charge >= 0.3 is 0 Å². The molecule has 11 heteroatoms. The zero-order valence-corrected chi connectivity index (χ0v) is 18.6. The van der Waals surface area contributed by atoms with E-state index in [2.05, 4.69) is 20.6 Å². The molecule has 0 radical (unpaired) electrons. The summed E-state index contributed by atoms with van der Waals surface area (Å²) in [6, 6.07) is 9.66. The molecule has 0 fully saturated rings. The Morgan fingerprint density at radius 2 is 2.06 bits per heavy atom. The first kappa shape index (κ1) is 23.8. The van der Waals surface area contributed by atoms with Crippen molar-refractivity contribution in [2.45, 2.75) is 19.9 Å². The third kappa shape index (κ3) is 6.32. The number of hydrogen-bond donors (Lipinski definition) is 1. The van der Waals surface area contributed by atoms with E-state index in [0.717, 1.165) is 6.42 Å². The molecule has 0 aliphatic heterocycles. The lowest BCUT2D eigenvalue weighted by Gasteiger charge is -2.22. The lowest BCUT2D eigenvalue weighted by Crippen LogP contribution is -2.39. The van der Waals surface area contributed by atoms with Crippen LogP contribution >= 0.6 is 0 Å². The number of nitrogens with zero attached hydrogens (tertiary/aromatic N) is 5. The number of ether oxygens (including phenoxy) is 1. The number of amides is 2. The molecule has 33 heavy (non-hydrogen) atoms. The fourth-order valence-electron chi connectivity index (χ4n) is 3.16. The fraction of sp³-hybridized carbons (Fsp3) is 0.364. The van der Waals surface area contributed by atoms with E-state index in [1.54, 1.807) is 29.2 Å². The van der Waals surface area contributed by atoms with Crippen LogP contribution in [0.15, 0.2) is 52.1 Å². The topological polar surface area (TPSA) is 132 Å². The van der Waals surface area contributed by atoms with Crippen LogP contribution in [0.1, 0.15) is 34.2 Å². The van der Waals surface area contributed by atoms with Gasteiger partial charge in [0.05, 0.1) is 13.2 Å². The van der Waals surface area contributed by atoms with Gasteiger partial charge in [0.2, 0.25) is 12.2 Å². The smallest absolute Gasteiger partial charge is 0.271 e. The molecule has 1 N–H and O–H groups in total. The Morgan fingerprint density at radius 3 is 2.79 bits per heavy atom. The predicted molar refractivity (Wildman–Crippen MR) is 119 cm³/mol. The molecule has 0 aliphatic carbocycles. The molecule has 0 spiro atoms. The predicted octanol–water partition coefficient (Wildman–Crippen LogP) is 1.22. The fourth-order valence-corrected chi connectivity index (χ4v) is 3.16. The Morgan fingerprint density at radius 1 is 1.21 bits per heavy atom. The maximum atomic E-state index is 13.1. The van der Waals surface area contributed by atoms with Crippen molar-refractivity contribution in [1.29, 1.82) is 0 Å². The van der Waals surface area contributed by atoms with Crippen molar-refractivity contribution in [1.82, 2.24) is 30.1 Å². The number of carbonyl (C=O) groups excluding carboxylic acids is 2. The number of aromatic nitrogens is 4. The van der Waals surface area contributed by atoms with Crippen LogP contribution in [0.3, 0.4) is 0 Å². The minimum absolute atomic E-state index is 0.117. The molecule has 2 aromatic heterocycles. The van der Waals surface area contributed by atoms with Crippen LogP contribution in [-0.4, -0.2) is 70.0 Å². The second kappa shape index (κ2) is 11.7. The first-order valence-corrected chi connectivity index (χ1v) is 10.5. The molecule has 2 amide bonds. The third-order valence-electron chi connectivity index (χ3n) is 4.78. The van der Waals surface area contributed by atoms with E-state index in [0.29, 0.717) is 36.6 Å². The lowest BCUT2D eigenvalue weighted by molar-refractivity contribution is 0.0748. The molecule has 0 saturated heterocycles. The highest BCUT2D eigenvalue weighted by atomic mass is 16.5. The molecular weight excluding hydrogens is 428 g/mol. The molecule has 0 saturated carbocycles. The van der Waals surface area contributed by atoms with Crippen molar-refractivity contribution < 1.29 is 18.8 Å². The zero-order valence-electron chi connectivity index (χ0n) is 18.6. The van der Waals surface area contributed by atoms with Crippen LogP contribution in [0.5, 0.6) is 0 Å².